The number of carbonyl (C=O) groups is 1. The smallest absolute Gasteiger partial charge is 0.332 e. The van der Waals surface area contributed by atoms with Gasteiger partial charge in [-0.3, -0.25) is 14.2 Å². The lowest BCUT2D eigenvalue weighted by atomic mass is 9.94. The molecule has 0 bridgehead atoms. The van der Waals surface area contributed by atoms with Gasteiger partial charge in [-0.2, -0.15) is 0 Å². The van der Waals surface area contributed by atoms with E-state index in [1.807, 2.05) is 0 Å². The standard InChI is InChI=1S/C29H31FN4O7S/c1-15-23-27(37)34(20-9-10-31-25(20)36)29(38)33(28(23)42-24(15)26-32-11-12-40-26)14-22(41-18-6-4-17(35)5-7-18)19-13-16(30)3-8-21(19)39-2/h3,8,11-13,17-18,20,22,35H,4-7,9-10,14H2,1-2H3,(H,31,36)/t17?,18?,20-,22?/m0/s1. The summed E-state index contributed by atoms with van der Waals surface area (Å²) in [5.74, 6) is -0.214. The molecule has 4 heterocycles. The lowest BCUT2D eigenvalue weighted by Gasteiger charge is -2.31. The Morgan fingerprint density at radius 3 is 2.67 bits per heavy atom. The molecule has 1 amide bonds. The van der Waals surface area contributed by atoms with Crippen LogP contribution < -0.4 is 21.3 Å². The number of nitrogens with one attached hydrogen (secondary N) is 1. The SMILES string of the molecule is COc1ccc(F)cc1C(Cn1c(=O)n([C@H]2CCNC2=O)c(=O)c2c(C)c(-c3ncco3)sc21)OC1CCC(O)CC1. The third-order valence-corrected chi connectivity index (χ3v) is 9.39. The minimum absolute atomic E-state index is 0.0895. The van der Waals surface area contributed by atoms with Gasteiger partial charge in [0.15, 0.2) is 0 Å². The van der Waals surface area contributed by atoms with Gasteiger partial charge < -0.3 is 24.3 Å². The van der Waals surface area contributed by atoms with Crippen LogP contribution >= 0.6 is 11.3 Å². The van der Waals surface area contributed by atoms with Gasteiger partial charge in [0.2, 0.25) is 11.8 Å². The van der Waals surface area contributed by atoms with Crippen molar-refractivity contribution in [3.05, 3.63) is 68.4 Å². The Morgan fingerprint density at radius 2 is 2.00 bits per heavy atom. The molecule has 1 unspecified atom stereocenters. The number of thiophene rings is 1. The zero-order chi connectivity index (χ0) is 29.5. The molecule has 4 aromatic rings. The van der Waals surface area contributed by atoms with Crippen molar-refractivity contribution in [1.82, 2.24) is 19.4 Å². The Morgan fingerprint density at radius 1 is 1.21 bits per heavy atom. The lowest BCUT2D eigenvalue weighted by Crippen LogP contribution is -2.44. The molecular formula is C29H31FN4O7S. The van der Waals surface area contributed by atoms with Crippen LogP contribution in [0.4, 0.5) is 4.39 Å². The summed E-state index contributed by atoms with van der Waals surface area (Å²) in [6, 6.07) is 3.14. The van der Waals surface area contributed by atoms with Crippen molar-refractivity contribution in [3.63, 3.8) is 0 Å². The van der Waals surface area contributed by atoms with Crippen molar-refractivity contribution in [2.45, 2.75) is 69.9 Å². The van der Waals surface area contributed by atoms with E-state index in [-0.39, 0.29) is 24.5 Å². The van der Waals surface area contributed by atoms with Gasteiger partial charge in [-0.25, -0.2) is 18.7 Å². The Bertz CT molecular complexity index is 1740. The molecule has 0 spiro atoms. The zero-order valence-corrected chi connectivity index (χ0v) is 24.0. The van der Waals surface area contributed by atoms with Gasteiger partial charge in [0.1, 0.15) is 34.8 Å². The number of nitrogens with zero attached hydrogens (tertiary/aromatic N) is 3. The van der Waals surface area contributed by atoms with Crippen molar-refractivity contribution in [2.75, 3.05) is 13.7 Å². The average Bonchev–Trinajstić information content (AvgIpc) is 3.73. The summed E-state index contributed by atoms with van der Waals surface area (Å²) in [6.07, 6.45) is 4.01. The van der Waals surface area contributed by atoms with E-state index in [1.165, 1.54) is 53.7 Å². The molecule has 2 aliphatic rings. The second kappa shape index (κ2) is 11.5. The zero-order valence-electron chi connectivity index (χ0n) is 23.2. The molecule has 1 aliphatic carbocycles. The molecule has 11 nitrogen and oxygen atoms in total. The Hall–Kier alpha value is -3.81. The van der Waals surface area contributed by atoms with E-state index in [0.717, 1.165) is 4.57 Å². The number of hydrogen-bond acceptors (Lipinski definition) is 9. The van der Waals surface area contributed by atoms with E-state index >= 15 is 0 Å². The first-order valence-corrected chi connectivity index (χ1v) is 14.7. The molecule has 42 heavy (non-hydrogen) atoms. The Balaban J connectivity index is 1.55. The van der Waals surface area contributed by atoms with E-state index in [2.05, 4.69) is 10.3 Å². The van der Waals surface area contributed by atoms with E-state index in [0.29, 0.717) is 64.7 Å². The number of aromatic nitrogens is 3. The number of halogens is 1. The monoisotopic (exact) mass is 598 g/mol. The van der Waals surface area contributed by atoms with Crippen LogP contribution in [0.15, 0.2) is 44.7 Å². The fraction of sp³-hybridized carbons (Fsp3) is 0.448. The third-order valence-electron chi connectivity index (χ3n) is 8.09. The highest BCUT2D eigenvalue weighted by molar-refractivity contribution is 7.22. The fourth-order valence-electron chi connectivity index (χ4n) is 5.92. The molecule has 1 aromatic carbocycles. The largest absolute Gasteiger partial charge is 0.496 e. The van der Waals surface area contributed by atoms with Crippen LogP contribution in [0.25, 0.3) is 21.0 Å². The third kappa shape index (κ3) is 5.05. The number of aliphatic hydroxyl groups excluding tert-OH is 1. The maximum absolute atomic E-state index is 14.6. The number of rotatable bonds is 8. The normalized spacial score (nSPS) is 21.5. The number of benzene rings is 1. The molecule has 1 saturated carbocycles. The van der Waals surface area contributed by atoms with Crippen molar-refractivity contribution in [1.29, 1.82) is 0 Å². The highest BCUT2D eigenvalue weighted by Gasteiger charge is 2.34. The second-order valence-electron chi connectivity index (χ2n) is 10.7. The van der Waals surface area contributed by atoms with Gasteiger partial charge >= 0.3 is 5.69 Å². The van der Waals surface area contributed by atoms with E-state index in [1.54, 1.807) is 6.92 Å². The highest BCUT2D eigenvalue weighted by Crippen LogP contribution is 2.38. The number of hydrogen-bond donors (Lipinski definition) is 2. The van der Waals surface area contributed by atoms with Crippen molar-refractivity contribution in [3.8, 4) is 16.5 Å². The summed E-state index contributed by atoms with van der Waals surface area (Å²) in [5.41, 5.74) is -0.258. The molecule has 3 aromatic heterocycles. The molecule has 2 atom stereocenters. The van der Waals surface area contributed by atoms with E-state index < -0.39 is 41.2 Å². The number of methoxy groups -OCH3 is 1. The van der Waals surface area contributed by atoms with Gasteiger partial charge in [-0.15, -0.1) is 11.3 Å². The highest BCUT2D eigenvalue weighted by atomic mass is 32.1. The first kappa shape index (κ1) is 28.3. The molecule has 1 saturated heterocycles. The second-order valence-corrected chi connectivity index (χ2v) is 11.7. The van der Waals surface area contributed by atoms with Crippen LogP contribution in [0.3, 0.4) is 0 Å². The number of ether oxygens (including phenoxy) is 2. The van der Waals surface area contributed by atoms with Crippen molar-refractivity contribution in [2.24, 2.45) is 0 Å². The number of carbonyl (C=O) groups excluding carboxylic acids is 1. The Kier molecular flexibility index (Phi) is 7.73. The van der Waals surface area contributed by atoms with Crippen LogP contribution in [-0.2, 0) is 16.1 Å². The summed E-state index contributed by atoms with van der Waals surface area (Å²) in [7, 11) is 1.47. The summed E-state index contributed by atoms with van der Waals surface area (Å²) in [5, 5.41) is 13.0. The quantitative estimate of drug-likeness (QED) is 0.315. The summed E-state index contributed by atoms with van der Waals surface area (Å²) >= 11 is 1.18. The summed E-state index contributed by atoms with van der Waals surface area (Å²) in [6.45, 7) is 2.01. The first-order valence-electron chi connectivity index (χ1n) is 13.9. The fourth-order valence-corrected chi connectivity index (χ4v) is 7.16. The van der Waals surface area contributed by atoms with Crippen LogP contribution in [-0.4, -0.2) is 51.0 Å². The summed E-state index contributed by atoms with van der Waals surface area (Å²) in [4.78, 5) is 46.0. The van der Waals surface area contributed by atoms with Crippen molar-refractivity contribution < 1.29 is 28.2 Å². The lowest BCUT2D eigenvalue weighted by molar-refractivity contribution is -0.122. The molecule has 0 radical (unpaired) electrons. The van der Waals surface area contributed by atoms with Gasteiger partial charge in [0, 0.05) is 12.1 Å². The van der Waals surface area contributed by atoms with E-state index in [4.69, 9.17) is 13.9 Å². The maximum Gasteiger partial charge on any atom is 0.332 e. The minimum Gasteiger partial charge on any atom is -0.496 e. The van der Waals surface area contributed by atoms with Gasteiger partial charge in [0.05, 0.1) is 42.3 Å². The first-order chi connectivity index (χ1) is 20.3. The number of aliphatic hydroxyl groups is 1. The van der Waals surface area contributed by atoms with Gasteiger partial charge in [-0.1, -0.05) is 0 Å². The predicted molar refractivity (Wildman–Crippen MR) is 152 cm³/mol. The number of aryl methyl sites for hydroxylation is 1. The average molecular weight is 599 g/mol. The van der Waals surface area contributed by atoms with Crippen LogP contribution in [0.1, 0.15) is 55.4 Å². The Labute approximate surface area is 243 Å². The maximum atomic E-state index is 14.6. The molecular weight excluding hydrogens is 567 g/mol. The molecule has 2 N–H and O–H groups in total. The molecule has 13 heteroatoms. The van der Waals surface area contributed by atoms with Gasteiger partial charge in [0.25, 0.3) is 5.56 Å². The topological polar surface area (TPSA) is 138 Å². The summed E-state index contributed by atoms with van der Waals surface area (Å²) < 4.78 is 34.7. The molecule has 6 rings (SSSR count). The van der Waals surface area contributed by atoms with Crippen LogP contribution in [0.2, 0.25) is 0 Å². The molecule has 2 fully saturated rings. The van der Waals surface area contributed by atoms with Crippen LogP contribution in [0, 0.1) is 12.7 Å². The van der Waals surface area contributed by atoms with Crippen molar-refractivity contribution >= 4 is 27.5 Å². The molecule has 222 valence electrons. The number of amides is 1. The van der Waals surface area contributed by atoms with Gasteiger partial charge in [-0.05, 0) is 62.8 Å². The number of oxazole rings is 1. The number of fused-ring (bicyclic) bond motifs is 1. The minimum atomic E-state index is -0.965. The van der Waals surface area contributed by atoms with Crippen LogP contribution in [0.5, 0.6) is 5.75 Å². The van der Waals surface area contributed by atoms with E-state index in [9.17, 15) is 23.9 Å². The molecule has 1 aliphatic heterocycles. The predicted octanol–water partition coefficient (Wildman–Crippen LogP) is 3.46.